The highest BCUT2D eigenvalue weighted by molar-refractivity contribution is 7.89. The number of piperidine rings is 1. The number of sulfonamides is 1. The van der Waals surface area contributed by atoms with Crippen molar-refractivity contribution >= 4 is 27.7 Å². The van der Waals surface area contributed by atoms with E-state index in [1.165, 1.54) is 21.3 Å². The van der Waals surface area contributed by atoms with Crippen LogP contribution in [0.5, 0.6) is 0 Å². The fourth-order valence-corrected chi connectivity index (χ4v) is 5.30. The Morgan fingerprint density at radius 3 is 2.43 bits per heavy atom. The van der Waals surface area contributed by atoms with Crippen LogP contribution in [0.2, 0.25) is 0 Å². The van der Waals surface area contributed by atoms with Gasteiger partial charge >= 0.3 is 0 Å². The Balaban J connectivity index is 1.58. The lowest BCUT2D eigenvalue weighted by molar-refractivity contribution is -0.138. The topological polar surface area (TPSA) is 104 Å². The largest absolute Gasteiger partial charge is 0.355 e. The second kappa shape index (κ2) is 8.83. The van der Waals surface area contributed by atoms with Crippen LogP contribution >= 0.6 is 0 Å². The second-order valence-corrected chi connectivity index (χ2v) is 8.91. The predicted molar refractivity (Wildman–Crippen MR) is 102 cm³/mol. The van der Waals surface area contributed by atoms with Crippen molar-refractivity contribution in [1.29, 1.82) is 0 Å². The molecule has 0 spiro atoms. The van der Waals surface area contributed by atoms with Gasteiger partial charge in [0, 0.05) is 32.5 Å². The molecular formula is C19H25N3O5S. The van der Waals surface area contributed by atoms with E-state index in [1.807, 2.05) is 0 Å². The first kappa shape index (κ1) is 20.5. The van der Waals surface area contributed by atoms with E-state index in [4.69, 9.17) is 0 Å². The molecule has 28 heavy (non-hydrogen) atoms. The molecule has 1 aromatic rings. The van der Waals surface area contributed by atoms with Crippen LogP contribution in [0.15, 0.2) is 35.2 Å². The molecule has 1 atom stereocenters. The number of likely N-dealkylation sites (tertiary alicyclic amines) is 1. The molecule has 1 unspecified atom stereocenters. The molecule has 2 saturated heterocycles. The Kier molecular flexibility index (Phi) is 6.46. The molecule has 0 aliphatic carbocycles. The van der Waals surface area contributed by atoms with Crippen molar-refractivity contribution in [2.45, 2.75) is 49.5 Å². The van der Waals surface area contributed by atoms with Gasteiger partial charge in [-0.3, -0.25) is 19.3 Å². The molecule has 9 heteroatoms. The summed E-state index contributed by atoms with van der Waals surface area (Å²) in [5.41, 5.74) is 0. The highest BCUT2D eigenvalue weighted by Crippen LogP contribution is 2.25. The highest BCUT2D eigenvalue weighted by Gasteiger charge is 2.37. The Morgan fingerprint density at radius 2 is 1.75 bits per heavy atom. The fraction of sp³-hybridized carbons (Fsp3) is 0.526. The van der Waals surface area contributed by atoms with Crippen molar-refractivity contribution in [3.05, 3.63) is 30.3 Å². The summed E-state index contributed by atoms with van der Waals surface area (Å²) in [5, 5.41) is 2.77. The number of hydrogen-bond acceptors (Lipinski definition) is 5. The normalized spacial score (nSPS) is 21.1. The lowest BCUT2D eigenvalue weighted by Gasteiger charge is -2.33. The SMILES string of the molecule is O=C(NCCCN1C(=O)CCC1=O)C1CCCCN1S(=O)(=O)c1ccccc1. The van der Waals surface area contributed by atoms with Gasteiger partial charge in [-0.2, -0.15) is 4.31 Å². The smallest absolute Gasteiger partial charge is 0.243 e. The van der Waals surface area contributed by atoms with Gasteiger partial charge in [0.15, 0.2) is 0 Å². The van der Waals surface area contributed by atoms with Gasteiger partial charge in [0.25, 0.3) is 0 Å². The summed E-state index contributed by atoms with van der Waals surface area (Å²) >= 11 is 0. The molecule has 1 N–H and O–H groups in total. The lowest BCUT2D eigenvalue weighted by Crippen LogP contribution is -2.52. The van der Waals surface area contributed by atoms with Crippen molar-refractivity contribution < 1.29 is 22.8 Å². The molecule has 2 heterocycles. The molecule has 8 nitrogen and oxygen atoms in total. The van der Waals surface area contributed by atoms with Crippen LogP contribution in [0, 0.1) is 0 Å². The van der Waals surface area contributed by atoms with E-state index in [-0.39, 0.29) is 48.5 Å². The maximum absolute atomic E-state index is 12.9. The van der Waals surface area contributed by atoms with Crippen LogP contribution in [0.4, 0.5) is 0 Å². The minimum Gasteiger partial charge on any atom is -0.355 e. The van der Waals surface area contributed by atoms with Crippen LogP contribution in [0.3, 0.4) is 0 Å². The summed E-state index contributed by atoms with van der Waals surface area (Å²) in [5.74, 6) is -0.689. The van der Waals surface area contributed by atoms with Crippen LogP contribution < -0.4 is 5.32 Å². The first-order valence-electron chi connectivity index (χ1n) is 9.59. The van der Waals surface area contributed by atoms with E-state index in [0.717, 1.165) is 12.8 Å². The monoisotopic (exact) mass is 407 g/mol. The molecule has 0 radical (unpaired) electrons. The Hall–Kier alpha value is -2.26. The van der Waals surface area contributed by atoms with Crippen molar-refractivity contribution in [3.8, 4) is 0 Å². The van der Waals surface area contributed by atoms with Crippen LogP contribution in [-0.2, 0) is 24.4 Å². The zero-order chi connectivity index (χ0) is 20.1. The quantitative estimate of drug-likeness (QED) is 0.534. The zero-order valence-corrected chi connectivity index (χ0v) is 16.5. The summed E-state index contributed by atoms with van der Waals surface area (Å²) in [6.45, 7) is 0.867. The molecule has 0 saturated carbocycles. The number of carbonyl (C=O) groups excluding carboxylic acids is 3. The Morgan fingerprint density at radius 1 is 1.07 bits per heavy atom. The van der Waals surface area contributed by atoms with Crippen molar-refractivity contribution in [2.24, 2.45) is 0 Å². The van der Waals surface area contributed by atoms with Gasteiger partial charge in [-0.15, -0.1) is 0 Å². The molecular weight excluding hydrogens is 382 g/mol. The third kappa shape index (κ3) is 4.41. The van der Waals surface area contributed by atoms with E-state index in [0.29, 0.717) is 19.4 Å². The van der Waals surface area contributed by atoms with Gasteiger partial charge in [0.1, 0.15) is 6.04 Å². The van der Waals surface area contributed by atoms with E-state index in [1.54, 1.807) is 18.2 Å². The van der Waals surface area contributed by atoms with Gasteiger partial charge in [-0.05, 0) is 31.4 Å². The Labute approximate surface area is 164 Å². The molecule has 1 aromatic carbocycles. The third-order valence-electron chi connectivity index (χ3n) is 5.12. The number of imide groups is 1. The molecule has 2 fully saturated rings. The first-order valence-corrected chi connectivity index (χ1v) is 11.0. The number of benzene rings is 1. The molecule has 0 bridgehead atoms. The zero-order valence-electron chi connectivity index (χ0n) is 15.7. The fourth-order valence-electron chi connectivity index (χ4n) is 3.62. The molecule has 0 aromatic heterocycles. The van der Waals surface area contributed by atoms with E-state index < -0.39 is 16.1 Å². The average Bonchev–Trinajstić information content (AvgIpc) is 3.03. The number of amides is 3. The number of hydrogen-bond donors (Lipinski definition) is 1. The van der Waals surface area contributed by atoms with E-state index >= 15 is 0 Å². The Bertz CT molecular complexity index is 824. The standard InChI is InChI=1S/C19H25N3O5S/c23-17-10-11-18(24)21(17)13-6-12-20-19(25)16-9-4-5-14-22(16)28(26,27)15-7-2-1-3-8-15/h1-3,7-8,16H,4-6,9-14H2,(H,20,25). The van der Waals surface area contributed by atoms with Gasteiger partial charge in [-0.25, -0.2) is 8.42 Å². The molecule has 3 amide bonds. The van der Waals surface area contributed by atoms with Gasteiger partial charge < -0.3 is 5.32 Å². The molecule has 2 aliphatic rings. The maximum atomic E-state index is 12.9. The minimum absolute atomic E-state index is 0.177. The maximum Gasteiger partial charge on any atom is 0.243 e. The van der Waals surface area contributed by atoms with E-state index in [2.05, 4.69) is 5.32 Å². The number of rotatable bonds is 7. The summed E-state index contributed by atoms with van der Waals surface area (Å²) in [7, 11) is -3.74. The van der Waals surface area contributed by atoms with Gasteiger partial charge in [0.2, 0.25) is 27.7 Å². The van der Waals surface area contributed by atoms with E-state index in [9.17, 15) is 22.8 Å². The molecule has 152 valence electrons. The third-order valence-corrected chi connectivity index (χ3v) is 7.04. The minimum atomic E-state index is -3.74. The van der Waals surface area contributed by atoms with Gasteiger partial charge in [-0.1, -0.05) is 24.6 Å². The van der Waals surface area contributed by atoms with Crippen LogP contribution in [0.1, 0.15) is 38.5 Å². The lowest BCUT2D eigenvalue weighted by atomic mass is 10.0. The summed E-state index contributed by atoms with van der Waals surface area (Å²) in [6, 6.07) is 7.38. The number of nitrogens with one attached hydrogen (secondary N) is 1. The second-order valence-electron chi connectivity index (χ2n) is 7.02. The van der Waals surface area contributed by atoms with Gasteiger partial charge in [0.05, 0.1) is 4.90 Å². The average molecular weight is 407 g/mol. The van der Waals surface area contributed by atoms with Crippen LogP contribution in [-0.4, -0.2) is 61.0 Å². The highest BCUT2D eigenvalue weighted by atomic mass is 32.2. The summed E-state index contributed by atoms with van der Waals surface area (Å²) in [4.78, 5) is 37.2. The summed E-state index contributed by atoms with van der Waals surface area (Å²) in [6.07, 6.45) is 2.92. The van der Waals surface area contributed by atoms with Crippen LogP contribution in [0.25, 0.3) is 0 Å². The first-order chi connectivity index (χ1) is 13.4. The van der Waals surface area contributed by atoms with Crippen molar-refractivity contribution in [2.75, 3.05) is 19.6 Å². The molecule has 3 rings (SSSR count). The number of carbonyl (C=O) groups is 3. The van der Waals surface area contributed by atoms with Crippen molar-refractivity contribution in [1.82, 2.24) is 14.5 Å². The summed E-state index contributed by atoms with van der Waals surface area (Å²) < 4.78 is 27.2. The number of nitrogens with zero attached hydrogens (tertiary/aromatic N) is 2. The molecule has 2 aliphatic heterocycles. The van der Waals surface area contributed by atoms with Crippen molar-refractivity contribution in [3.63, 3.8) is 0 Å². The predicted octanol–water partition coefficient (Wildman–Crippen LogP) is 0.885.